The lowest BCUT2D eigenvalue weighted by Crippen LogP contribution is -1.86. The van der Waals surface area contributed by atoms with Gasteiger partial charge in [-0.25, -0.2) is 17.6 Å². The molecule has 0 saturated heterocycles. The van der Waals surface area contributed by atoms with Crippen molar-refractivity contribution in [3.8, 4) is 0 Å². The molecule has 0 atom stereocenters. The highest BCUT2D eigenvalue weighted by Crippen LogP contribution is 2.27. The molecule has 1 heterocycles. The molecule has 74 valence electrons. The molecule has 0 amide bonds. The second-order valence-corrected chi connectivity index (χ2v) is 2.70. The summed E-state index contributed by atoms with van der Waals surface area (Å²) in [5, 5.41) is 5.16. The van der Waals surface area contributed by atoms with Crippen molar-refractivity contribution in [2.75, 3.05) is 0 Å². The van der Waals surface area contributed by atoms with Gasteiger partial charge in [-0.2, -0.15) is 5.10 Å². The van der Waals surface area contributed by atoms with E-state index in [2.05, 4.69) is 5.10 Å². The molecule has 2 nitrogen and oxygen atoms in total. The van der Waals surface area contributed by atoms with E-state index in [9.17, 15) is 17.6 Å². The van der Waals surface area contributed by atoms with Crippen molar-refractivity contribution >= 4 is 10.9 Å². The summed E-state index contributed by atoms with van der Waals surface area (Å²) in [6.07, 6.45) is -2.79. The maximum absolute atomic E-state index is 13.0. The largest absolute Gasteiger partial charge is 0.280 e. The molecule has 2 aromatic rings. The number of hydrogen-bond acceptors (Lipinski definition) is 1. The van der Waals surface area contributed by atoms with Crippen LogP contribution in [0.1, 0.15) is 12.1 Å². The Hall–Kier alpha value is -1.59. The van der Waals surface area contributed by atoms with Gasteiger partial charge in [-0.05, 0) is 12.1 Å². The first kappa shape index (κ1) is 8.98. The summed E-state index contributed by atoms with van der Waals surface area (Å²) in [7, 11) is 0. The lowest BCUT2D eigenvalue weighted by atomic mass is 10.2. The van der Waals surface area contributed by atoms with E-state index in [-0.39, 0.29) is 5.39 Å². The van der Waals surface area contributed by atoms with E-state index >= 15 is 0 Å². The molecule has 1 aromatic heterocycles. The second kappa shape index (κ2) is 2.97. The van der Waals surface area contributed by atoms with Crippen LogP contribution in [0.3, 0.4) is 0 Å². The maximum Gasteiger partial charge on any atom is 0.280 e. The Kier molecular flexibility index (Phi) is 1.90. The van der Waals surface area contributed by atoms with Crippen LogP contribution < -0.4 is 0 Å². The molecule has 0 radical (unpaired) electrons. The molecule has 0 spiro atoms. The molecule has 14 heavy (non-hydrogen) atoms. The molecular weight excluding hydrogens is 200 g/mol. The third-order valence-electron chi connectivity index (χ3n) is 1.87. The summed E-state index contributed by atoms with van der Waals surface area (Å²) >= 11 is 0. The number of hydrogen-bond donors (Lipinski definition) is 1. The lowest BCUT2D eigenvalue weighted by molar-refractivity contribution is 0.147. The fourth-order valence-corrected chi connectivity index (χ4v) is 1.21. The summed E-state index contributed by atoms with van der Waals surface area (Å²) in [4.78, 5) is 0. The number of fused-ring (bicyclic) bond motifs is 1. The Morgan fingerprint density at radius 1 is 1.21 bits per heavy atom. The van der Waals surface area contributed by atoms with Crippen LogP contribution >= 0.6 is 0 Å². The molecule has 6 heteroatoms. The Morgan fingerprint density at radius 2 is 1.93 bits per heavy atom. The first-order valence-corrected chi connectivity index (χ1v) is 3.71. The van der Waals surface area contributed by atoms with Gasteiger partial charge in [-0.3, -0.25) is 5.10 Å². The highest BCUT2D eigenvalue weighted by atomic mass is 19.3. The Morgan fingerprint density at radius 3 is 2.57 bits per heavy atom. The van der Waals surface area contributed by atoms with E-state index in [0.29, 0.717) is 0 Å². The predicted octanol–water partition coefficient (Wildman–Crippen LogP) is 2.78. The van der Waals surface area contributed by atoms with E-state index in [1.54, 1.807) is 0 Å². The van der Waals surface area contributed by atoms with Gasteiger partial charge in [-0.1, -0.05) is 0 Å². The highest BCUT2D eigenvalue weighted by molar-refractivity contribution is 5.82. The molecule has 2 rings (SSSR count). The van der Waals surface area contributed by atoms with Gasteiger partial charge in [-0.15, -0.1) is 0 Å². The number of aromatic amines is 1. The predicted molar refractivity (Wildman–Crippen MR) is 41.0 cm³/mol. The quantitative estimate of drug-likeness (QED) is 0.711. The first-order valence-electron chi connectivity index (χ1n) is 3.71. The number of benzene rings is 1. The topological polar surface area (TPSA) is 28.7 Å². The first-order chi connectivity index (χ1) is 6.61. The molecule has 0 saturated carbocycles. The fraction of sp³-hybridized carbons (Fsp3) is 0.125. The van der Waals surface area contributed by atoms with Gasteiger partial charge >= 0.3 is 0 Å². The van der Waals surface area contributed by atoms with Crippen LogP contribution in [0.5, 0.6) is 0 Å². The van der Waals surface area contributed by atoms with Crippen molar-refractivity contribution in [2.24, 2.45) is 0 Å². The zero-order valence-electron chi connectivity index (χ0n) is 6.69. The monoisotopic (exact) mass is 204 g/mol. The average molecular weight is 204 g/mol. The van der Waals surface area contributed by atoms with Crippen LogP contribution in [0.25, 0.3) is 10.9 Å². The van der Waals surface area contributed by atoms with Gasteiger partial charge in [0.25, 0.3) is 6.43 Å². The molecule has 0 unspecified atom stereocenters. The number of nitrogens with one attached hydrogen (secondary N) is 1. The van der Waals surface area contributed by atoms with E-state index in [0.717, 1.165) is 12.1 Å². The van der Waals surface area contributed by atoms with Crippen molar-refractivity contribution in [3.63, 3.8) is 0 Å². The molecule has 0 bridgehead atoms. The average Bonchev–Trinajstić information content (AvgIpc) is 2.55. The van der Waals surface area contributed by atoms with Crippen LogP contribution in [-0.2, 0) is 0 Å². The lowest BCUT2D eigenvalue weighted by Gasteiger charge is -1.95. The smallest absolute Gasteiger partial charge is 0.275 e. The summed E-state index contributed by atoms with van der Waals surface area (Å²) in [5.41, 5.74) is -0.904. The van der Waals surface area contributed by atoms with Gasteiger partial charge in [0.1, 0.15) is 11.2 Å². The summed E-state index contributed by atoms with van der Waals surface area (Å²) in [5.74, 6) is -2.32. The van der Waals surface area contributed by atoms with Crippen molar-refractivity contribution < 1.29 is 17.6 Å². The molecule has 1 N–H and O–H groups in total. The molecule has 0 aliphatic heterocycles. The highest BCUT2D eigenvalue weighted by Gasteiger charge is 2.18. The van der Waals surface area contributed by atoms with Gasteiger partial charge in [0.2, 0.25) is 0 Å². The van der Waals surface area contributed by atoms with E-state index in [1.165, 1.54) is 0 Å². The third-order valence-corrected chi connectivity index (χ3v) is 1.87. The zero-order chi connectivity index (χ0) is 10.3. The van der Waals surface area contributed by atoms with Crippen LogP contribution in [0, 0.1) is 11.6 Å². The van der Waals surface area contributed by atoms with E-state index in [1.807, 2.05) is 5.10 Å². The minimum absolute atomic E-state index is 0.0982. The Balaban J connectivity index is 2.77. The second-order valence-electron chi connectivity index (χ2n) is 2.70. The Labute approximate surface area is 75.5 Å². The standard InChI is InChI=1S/C8H4F4N2/c9-4-2-1-3-6(5(4)10)13-14-7(3)8(11)12/h1-2,8H,(H,13,14). The SMILES string of the molecule is Fc1ccc2c(C(F)F)[nH]nc2c1F. The zero-order valence-corrected chi connectivity index (χ0v) is 6.69. The normalized spacial score (nSPS) is 11.5. The fourth-order valence-electron chi connectivity index (χ4n) is 1.21. The summed E-state index contributed by atoms with van der Waals surface area (Å²) in [6, 6.07) is 1.86. The molecule has 0 aliphatic carbocycles. The van der Waals surface area contributed by atoms with Crippen LogP contribution in [0.15, 0.2) is 12.1 Å². The van der Waals surface area contributed by atoms with Crippen molar-refractivity contribution in [2.45, 2.75) is 6.43 Å². The summed E-state index contributed by atoms with van der Waals surface area (Å²) < 4.78 is 50.2. The van der Waals surface area contributed by atoms with Crippen molar-refractivity contribution in [1.82, 2.24) is 10.2 Å². The number of H-pyrrole nitrogens is 1. The number of halogens is 4. The molecule has 1 aromatic carbocycles. The summed E-state index contributed by atoms with van der Waals surface area (Å²) in [6.45, 7) is 0. The molecule has 0 fully saturated rings. The van der Waals surface area contributed by atoms with Crippen molar-refractivity contribution in [1.29, 1.82) is 0 Å². The minimum Gasteiger partial charge on any atom is -0.275 e. The molecule has 0 aliphatic rings. The molecular formula is C8H4F4N2. The Bertz CT molecular complexity index is 477. The van der Waals surface area contributed by atoms with Gasteiger partial charge in [0, 0.05) is 5.39 Å². The van der Waals surface area contributed by atoms with Crippen LogP contribution in [0.4, 0.5) is 17.6 Å². The minimum atomic E-state index is -2.79. The van der Waals surface area contributed by atoms with E-state index in [4.69, 9.17) is 0 Å². The van der Waals surface area contributed by atoms with Crippen LogP contribution in [0.2, 0.25) is 0 Å². The number of alkyl halides is 2. The van der Waals surface area contributed by atoms with Gasteiger partial charge < -0.3 is 0 Å². The number of rotatable bonds is 1. The maximum atomic E-state index is 13.0. The van der Waals surface area contributed by atoms with Crippen LogP contribution in [-0.4, -0.2) is 10.2 Å². The van der Waals surface area contributed by atoms with Gasteiger partial charge in [0.05, 0.1) is 0 Å². The number of aromatic nitrogens is 2. The van der Waals surface area contributed by atoms with Crippen molar-refractivity contribution in [3.05, 3.63) is 29.5 Å². The van der Waals surface area contributed by atoms with Gasteiger partial charge in [0.15, 0.2) is 11.6 Å². The third kappa shape index (κ3) is 1.14. The number of nitrogens with zero attached hydrogens (tertiary/aromatic N) is 1. The van der Waals surface area contributed by atoms with E-state index < -0.39 is 29.3 Å².